The largest absolute Gasteiger partial charge is 0.394 e. The molecule has 0 aromatic carbocycles. The number of hydrogen-bond acceptors (Lipinski definition) is 18. The maximum absolute atomic E-state index is 9.59. The van der Waals surface area contributed by atoms with E-state index in [1.807, 2.05) is 0 Å². The lowest BCUT2D eigenvalue weighted by molar-refractivity contribution is -0.0325. The summed E-state index contributed by atoms with van der Waals surface area (Å²) >= 11 is 0. The molecule has 0 aliphatic rings. The van der Waals surface area contributed by atoms with E-state index in [1.165, 1.54) is 0 Å². The van der Waals surface area contributed by atoms with Gasteiger partial charge in [0.15, 0.2) is 0 Å². The molecule has 0 amide bonds. The molecule has 15 N–H and O–H groups in total. The summed E-state index contributed by atoms with van der Waals surface area (Å²) in [6, 6.07) is 0. The molecule has 0 saturated heterocycles. The second-order valence-electron chi connectivity index (χ2n) is 11.4. The van der Waals surface area contributed by atoms with Crippen LogP contribution in [0.1, 0.15) is 57.8 Å². The fourth-order valence-electron chi connectivity index (χ4n) is 3.47. The summed E-state index contributed by atoms with van der Waals surface area (Å²) < 4.78 is 15.0. The molecule has 9 atom stereocenters. The van der Waals surface area contributed by atoms with Gasteiger partial charge in [0.05, 0.1) is 116 Å². The summed E-state index contributed by atoms with van der Waals surface area (Å²) in [7, 11) is 0. The summed E-state index contributed by atoms with van der Waals surface area (Å²) in [6.07, 6.45) is -2.47. The highest BCUT2D eigenvalue weighted by molar-refractivity contribution is 4.62. The molecule has 0 rings (SSSR count). The molecule has 0 saturated carbocycles. The van der Waals surface area contributed by atoms with Crippen molar-refractivity contribution in [2.45, 2.75) is 113 Å². The van der Waals surface area contributed by atoms with Gasteiger partial charge in [0.25, 0.3) is 0 Å². The van der Waals surface area contributed by atoms with E-state index in [-0.39, 0.29) is 79.3 Å². The van der Waals surface area contributed by atoms with Crippen molar-refractivity contribution in [2.75, 3.05) is 79.3 Å². The summed E-state index contributed by atoms with van der Waals surface area (Å²) in [6.45, 7) is -1.73. The summed E-state index contributed by atoms with van der Waals surface area (Å²) in [5.41, 5.74) is 0. The van der Waals surface area contributed by atoms with Crippen molar-refractivity contribution in [1.82, 2.24) is 0 Å². The van der Waals surface area contributed by atoms with Gasteiger partial charge in [0, 0.05) is 0 Å². The Morgan fingerprint density at radius 3 is 0.604 bits per heavy atom. The average molecular weight is 715 g/mol. The molecule has 0 aromatic heterocycles. The second kappa shape index (κ2) is 37.5. The minimum Gasteiger partial charge on any atom is -0.394 e. The Hall–Kier alpha value is -0.720. The number of rotatable bonds is 30. The van der Waals surface area contributed by atoms with Gasteiger partial charge < -0.3 is 90.8 Å². The molecular formula is C30H66O18. The Bertz CT molecular complexity index is 576. The van der Waals surface area contributed by atoms with Crippen LogP contribution in [0.3, 0.4) is 0 Å². The number of aliphatic hydroxyl groups is 15. The highest BCUT2D eigenvalue weighted by atomic mass is 16.5. The molecule has 18 heteroatoms. The first kappa shape index (κ1) is 51.6. The van der Waals surface area contributed by atoms with Crippen molar-refractivity contribution in [1.29, 1.82) is 0 Å². The van der Waals surface area contributed by atoms with Crippen molar-refractivity contribution >= 4 is 0 Å². The Labute approximate surface area is 283 Å². The maximum Gasteiger partial charge on any atom is 0.100 e. The quantitative estimate of drug-likeness (QED) is 0.0330. The zero-order valence-electron chi connectivity index (χ0n) is 28.0. The predicted molar refractivity (Wildman–Crippen MR) is 171 cm³/mol. The minimum absolute atomic E-state index is 0.00712. The number of hydrogen-bond donors (Lipinski definition) is 15. The lowest BCUT2D eigenvalue weighted by Crippen LogP contribution is -2.25. The molecule has 294 valence electrons. The van der Waals surface area contributed by atoms with Gasteiger partial charge in [-0.3, -0.25) is 0 Å². The summed E-state index contributed by atoms with van der Waals surface area (Å²) in [5, 5.41) is 133. The van der Waals surface area contributed by atoms with Crippen LogP contribution in [0.25, 0.3) is 0 Å². The molecule has 0 bridgehead atoms. The third-order valence-electron chi connectivity index (χ3n) is 6.35. The first-order valence-corrected chi connectivity index (χ1v) is 16.3. The summed E-state index contributed by atoms with van der Waals surface area (Å²) in [4.78, 5) is 0. The fourth-order valence-corrected chi connectivity index (χ4v) is 3.47. The van der Waals surface area contributed by atoms with E-state index < -0.39 is 54.9 Å². The third kappa shape index (κ3) is 39.7. The molecule has 0 spiro atoms. The standard InChI is InChI=1S/C13H28O8.C10H22O6.C7H16O4/c14-4-12(18)8-20-6-10(16)2-1-3-11(17)7-21-9-13(19)5-15;11-4-8(13)2-1-3-9(14)6-16-7-10(15)5-12;8-4-6(10)2-1-3-7(11)5-9/h10-19H,1-9H2;8-15H,1-7H2;6-11H,1-5H2. The van der Waals surface area contributed by atoms with E-state index >= 15 is 0 Å². The van der Waals surface area contributed by atoms with Crippen LogP contribution < -0.4 is 0 Å². The molecular weight excluding hydrogens is 648 g/mol. The van der Waals surface area contributed by atoms with E-state index in [2.05, 4.69) is 0 Å². The maximum atomic E-state index is 9.59. The molecule has 0 aliphatic heterocycles. The van der Waals surface area contributed by atoms with Crippen LogP contribution in [-0.4, -0.2) is 211 Å². The lowest BCUT2D eigenvalue weighted by Gasteiger charge is -2.15. The van der Waals surface area contributed by atoms with Gasteiger partial charge in [-0.1, -0.05) is 0 Å². The highest BCUT2D eigenvalue weighted by Gasteiger charge is 2.11. The Morgan fingerprint density at radius 1 is 0.250 bits per heavy atom. The van der Waals surface area contributed by atoms with Gasteiger partial charge in [0.1, 0.15) is 18.3 Å². The molecule has 18 nitrogen and oxygen atoms in total. The van der Waals surface area contributed by atoms with Gasteiger partial charge in [0.2, 0.25) is 0 Å². The smallest absolute Gasteiger partial charge is 0.100 e. The van der Waals surface area contributed by atoms with Crippen LogP contribution in [0.2, 0.25) is 0 Å². The van der Waals surface area contributed by atoms with Crippen molar-refractivity contribution < 1.29 is 90.8 Å². The minimum atomic E-state index is -0.939. The van der Waals surface area contributed by atoms with Crippen molar-refractivity contribution in [3.63, 3.8) is 0 Å². The van der Waals surface area contributed by atoms with E-state index in [4.69, 9.17) is 75.5 Å². The third-order valence-corrected chi connectivity index (χ3v) is 6.35. The van der Waals surface area contributed by atoms with Gasteiger partial charge in [-0.05, 0) is 57.8 Å². The fraction of sp³-hybridized carbons (Fsp3) is 1.00. The monoisotopic (exact) mass is 714 g/mol. The number of ether oxygens (including phenoxy) is 3. The highest BCUT2D eigenvalue weighted by Crippen LogP contribution is 2.07. The van der Waals surface area contributed by atoms with Crippen LogP contribution >= 0.6 is 0 Å². The van der Waals surface area contributed by atoms with Gasteiger partial charge in [-0.2, -0.15) is 0 Å². The first-order valence-electron chi connectivity index (χ1n) is 16.3. The molecule has 0 fully saturated rings. The van der Waals surface area contributed by atoms with Gasteiger partial charge >= 0.3 is 0 Å². The lowest BCUT2D eigenvalue weighted by atomic mass is 10.1. The van der Waals surface area contributed by atoms with Crippen LogP contribution in [0, 0.1) is 0 Å². The Morgan fingerprint density at radius 2 is 0.417 bits per heavy atom. The van der Waals surface area contributed by atoms with Crippen LogP contribution in [0.15, 0.2) is 0 Å². The average Bonchev–Trinajstić information content (AvgIpc) is 3.08. The normalized spacial score (nSPS) is 17.1. The van der Waals surface area contributed by atoms with Crippen LogP contribution in [0.4, 0.5) is 0 Å². The molecule has 0 aliphatic carbocycles. The number of aliphatic hydroxyl groups excluding tert-OH is 15. The second-order valence-corrected chi connectivity index (χ2v) is 11.4. The predicted octanol–water partition coefficient (Wildman–Crippen LogP) is -5.28. The molecule has 0 aromatic rings. The van der Waals surface area contributed by atoms with Gasteiger partial charge in [-0.25, -0.2) is 0 Å². The van der Waals surface area contributed by atoms with Crippen molar-refractivity contribution in [3.8, 4) is 0 Å². The Balaban J connectivity index is -0.000000666. The van der Waals surface area contributed by atoms with E-state index in [0.29, 0.717) is 57.8 Å². The summed E-state index contributed by atoms with van der Waals surface area (Å²) in [5.74, 6) is 0. The van der Waals surface area contributed by atoms with Crippen molar-refractivity contribution in [3.05, 3.63) is 0 Å². The zero-order valence-corrected chi connectivity index (χ0v) is 28.0. The SMILES string of the molecule is OCC(O)CCCC(O)CO.OCC(O)CCCC(O)COCC(O)CO.OCC(O)COCC(O)CCCC(O)COCC(O)CO. The van der Waals surface area contributed by atoms with E-state index in [0.717, 1.165) is 0 Å². The van der Waals surface area contributed by atoms with Crippen LogP contribution in [-0.2, 0) is 14.2 Å². The topological polar surface area (TPSA) is 331 Å². The Kier molecular flexibility index (Phi) is 40.4. The van der Waals surface area contributed by atoms with Gasteiger partial charge in [-0.15, -0.1) is 0 Å². The van der Waals surface area contributed by atoms with E-state index in [1.54, 1.807) is 0 Å². The zero-order chi connectivity index (χ0) is 37.2. The molecule has 9 unspecified atom stereocenters. The molecule has 0 heterocycles. The molecule has 48 heavy (non-hydrogen) atoms. The molecule has 0 radical (unpaired) electrons. The van der Waals surface area contributed by atoms with E-state index in [9.17, 15) is 15.3 Å². The van der Waals surface area contributed by atoms with Crippen molar-refractivity contribution in [2.24, 2.45) is 0 Å². The first-order chi connectivity index (χ1) is 22.8. The van der Waals surface area contributed by atoms with Crippen LogP contribution in [0.5, 0.6) is 0 Å².